The van der Waals surface area contributed by atoms with Crippen LogP contribution in [-0.2, 0) is 16.1 Å². The highest BCUT2D eigenvalue weighted by molar-refractivity contribution is 5.80. The summed E-state index contributed by atoms with van der Waals surface area (Å²) in [5.74, 6) is -1.85. The van der Waals surface area contributed by atoms with E-state index in [2.05, 4.69) is 0 Å². The number of benzene rings is 1. The van der Waals surface area contributed by atoms with Gasteiger partial charge in [-0.25, -0.2) is 4.39 Å². The Hall–Kier alpha value is -1.91. The molecule has 4 nitrogen and oxygen atoms in total. The third kappa shape index (κ3) is 4.03. The molecule has 114 valence electrons. The molecule has 21 heavy (non-hydrogen) atoms. The molecule has 2 rings (SSSR count). The normalized spacial score (nSPS) is 21.8. The third-order valence-corrected chi connectivity index (χ3v) is 4.06. The first-order valence-electron chi connectivity index (χ1n) is 7.19. The third-order valence-electron chi connectivity index (χ3n) is 4.06. The van der Waals surface area contributed by atoms with Gasteiger partial charge in [-0.2, -0.15) is 0 Å². The number of amides is 1. The fourth-order valence-corrected chi connectivity index (χ4v) is 2.94. The summed E-state index contributed by atoms with van der Waals surface area (Å²) in [4.78, 5) is 25.0. The number of carboxylic acids is 1. The zero-order chi connectivity index (χ0) is 15.4. The Bertz CT molecular complexity index is 532. The Morgan fingerprint density at radius 2 is 2.05 bits per heavy atom. The van der Waals surface area contributed by atoms with Gasteiger partial charge in [-0.1, -0.05) is 18.6 Å². The van der Waals surface area contributed by atoms with Gasteiger partial charge in [-0.05, 0) is 37.0 Å². The van der Waals surface area contributed by atoms with Gasteiger partial charge in [0.2, 0.25) is 5.91 Å². The second kappa shape index (κ2) is 6.70. The van der Waals surface area contributed by atoms with Gasteiger partial charge in [0, 0.05) is 19.5 Å². The summed E-state index contributed by atoms with van der Waals surface area (Å²) in [6.07, 6.45) is 2.55. The van der Waals surface area contributed by atoms with Crippen LogP contribution in [0.3, 0.4) is 0 Å². The fourth-order valence-electron chi connectivity index (χ4n) is 2.94. The van der Waals surface area contributed by atoms with Crippen LogP contribution in [0, 0.1) is 17.7 Å². The minimum atomic E-state index is -0.819. The standard InChI is InChI=1S/C16H20FNO3/c1-18(10-11-4-2-7-14(17)8-11)15(19)12-5-3-6-13(9-12)16(20)21/h2,4,7-8,12-13H,3,5-6,9-10H2,1H3,(H,20,21)/t12-,13-/m1/s1. The predicted octanol–water partition coefficient (Wildman–Crippen LogP) is 2.68. The van der Waals surface area contributed by atoms with Gasteiger partial charge in [0.05, 0.1) is 5.92 Å². The van der Waals surface area contributed by atoms with E-state index in [4.69, 9.17) is 5.11 Å². The smallest absolute Gasteiger partial charge is 0.306 e. The summed E-state index contributed by atoms with van der Waals surface area (Å²) in [6, 6.07) is 6.16. The monoisotopic (exact) mass is 293 g/mol. The maximum atomic E-state index is 13.1. The van der Waals surface area contributed by atoms with E-state index in [1.807, 2.05) is 0 Å². The summed E-state index contributed by atoms with van der Waals surface area (Å²) in [7, 11) is 1.68. The van der Waals surface area contributed by atoms with Crippen molar-refractivity contribution in [3.63, 3.8) is 0 Å². The summed E-state index contributed by atoms with van der Waals surface area (Å²) in [5.41, 5.74) is 0.733. The molecule has 0 aromatic heterocycles. The van der Waals surface area contributed by atoms with Crippen LogP contribution in [-0.4, -0.2) is 28.9 Å². The van der Waals surface area contributed by atoms with Gasteiger partial charge in [0.25, 0.3) is 0 Å². The number of nitrogens with zero attached hydrogens (tertiary/aromatic N) is 1. The molecule has 1 aromatic rings. The van der Waals surface area contributed by atoms with E-state index in [1.165, 1.54) is 12.1 Å². The molecule has 2 atom stereocenters. The maximum Gasteiger partial charge on any atom is 0.306 e. The number of carbonyl (C=O) groups is 2. The number of aliphatic carboxylic acids is 1. The van der Waals surface area contributed by atoms with Crippen LogP contribution in [0.25, 0.3) is 0 Å². The van der Waals surface area contributed by atoms with Crippen LogP contribution in [0.1, 0.15) is 31.2 Å². The Morgan fingerprint density at radius 3 is 2.71 bits per heavy atom. The molecule has 1 amide bonds. The Labute approximate surface area is 123 Å². The molecule has 1 aliphatic rings. The first-order valence-corrected chi connectivity index (χ1v) is 7.19. The molecule has 1 aromatic carbocycles. The highest BCUT2D eigenvalue weighted by atomic mass is 19.1. The van der Waals surface area contributed by atoms with Crippen LogP contribution in [0.2, 0.25) is 0 Å². The molecule has 0 spiro atoms. The quantitative estimate of drug-likeness (QED) is 0.928. The number of carbonyl (C=O) groups excluding carboxylic acids is 1. The molecule has 1 N–H and O–H groups in total. The summed E-state index contributed by atoms with van der Waals surface area (Å²) >= 11 is 0. The summed E-state index contributed by atoms with van der Waals surface area (Å²) < 4.78 is 13.1. The first-order chi connectivity index (χ1) is 9.97. The molecule has 0 radical (unpaired) electrons. The number of carboxylic acid groups (broad SMARTS) is 1. The van der Waals surface area contributed by atoms with Crippen molar-refractivity contribution in [3.8, 4) is 0 Å². The minimum Gasteiger partial charge on any atom is -0.481 e. The van der Waals surface area contributed by atoms with E-state index in [-0.39, 0.29) is 17.6 Å². The second-order valence-corrected chi connectivity index (χ2v) is 5.72. The van der Waals surface area contributed by atoms with Crippen molar-refractivity contribution in [2.75, 3.05) is 7.05 Å². The van der Waals surface area contributed by atoms with Crippen molar-refractivity contribution < 1.29 is 19.1 Å². The Morgan fingerprint density at radius 1 is 1.33 bits per heavy atom. The average molecular weight is 293 g/mol. The highest BCUT2D eigenvalue weighted by Gasteiger charge is 2.32. The highest BCUT2D eigenvalue weighted by Crippen LogP contribution is 2.30. The van der Waals surface area contributed by atoms with E-state index in [9.17, 15) is 14.0 Å². The van der Waals surface area contributed by atoms with E-state index in [0.717, 1.165) is 18.4 Å². The van der Waals surface area contributed by atoms with Crippen molar-refractivity contribution >= 4 is 11.9 Å². The molecule has 1 aliphatic carbocycles. The number of hydrogen-bond acceptors (Lipinski definition) is 2. The molecular weight excluding hydrogens is 273 g/mol. The molecular formula is C16H20FNO3. The van der Waals surface area contributed by atoms with Gasteiger partial charge in [0.1, 0.15) is 5.82 Å². The lowest BCUT2D eigenvalue weighted by atomic mass is 9.81. The molecule has 1 saturated carbocycles. The number of hydrogen-bond donors (Lipinski definition) is 1. The molecule has 5 heteroatoms. The molecule has 0 heterocycles. The second-order valence-electron chi connectivity index (χ2n) is 5.72. The largest absolute Gasteiger partial charge is 0.481 e. The SMILES string of the molecule is CN(Cc1cccc(F)c1)C(=O)[C@@H]1CCC[C@@H](C(=O)O)C1. The molecule has 0 aliphatic heterocycles. The van der Waals surface area contributed by atoms with Gasteiger partial charge in [-0.15, -0.1) is 0 Å². The Kier molecular flexibility index (Phi) is 4.94. The summed E-state index contributed by atoms with van der Waals surface area (Å²) in [5, 5.41) is 9.08. The molecule has 0 bridgehead atoms. The van der Waals surface area contributed by atoms with Gasteiger partial charge in [-0.3, -0.25) is 9.59 Å². The lowest BCUT2D eigenvalue weighted by Crippen LogP contribution is -2.36. The van der Waals surface area contributed by atoms with Crippen LogP contribution >= 0.6 is 0 Å². The van der Waals surface area contributed by atoms with Crippen molar-refractivity contribution in [1.82, 2.24) is 4.90 Å². The lowest BCUT2D eigenvalue weighted by molar-refractivity contribution is -0.145. The average Bonchev–Trinajstić information content (AvgIpc) is 2.46. The fraction of sp³-hybridized carbons (Fsp3) is 0.500. The van der Waals surface area contributed by atoms with Gasteiger partial charge < -0.3 is 10.0 Å². The van der Waals surface area contributed by atoms with Crippen molar-refractivity contribution in [2.45, 2.75) is 32.2 Å². The molecule has 0 saturated heterocycles. The number of halogens is 1. The topological polar surface area (TPSA) is 57.6 Å². The van der Waals surface area contributed by atoms with E-state index in [1.54, 1.807) is 24.1 Å². The van der Waals surface area contributed by atoms with E-state index in [0.29, 0.717) is 19.4 Å². The van der Waals surface area contributed by atoms with Crippen LogP contribution in [0.5, 0.6) is 0 Å². The number of rotatable bonds is 4. The van der Waals surface area contributed by atoms with Crippen molar-refractivity contribution in [1.29, 1.82) is 0 Å². The van der Waals surface area contributed by atoms with E-state index < -0.39 is 11.9 Å². The first kappa shape index (κ1) is 15.5. The van der Waals surface area contributed by atoms with Gasteiger partial charge >= 0.3 is 5.97 Å². The van der Waals surface area contributed by atoms with Crippen LogP contribution < -0.4 is 0 Å². The molecule has 1 fully saturated rings. The van der Waals surface area contributed by atoms with Crippen molar-refractivity contribution in [3.05, 3.63) is 35.6 Å². The predicted molar refractivity (Wildman–Crippen MR) is 76.0 cm³/mol. The Balaban J connectivity index is 1.97. The van der Waals surface area contributed by atoms with Gasteiger partial charge in [0.15, 0.2) is 0 Å². The summed E-state index contributed by atoms with van der Waals surface area (Å²) in [6.45, 7) is 0.338. The van der Waals surface area contributed by atoms with Crippen molar-refractivity contribution in [2.24, 2.45) is 11.8 Å². The molecule has 0 unspecified atom stereocenters. The zero-order valence-electron chi connectivity index (χ0n) is 12.1. The van der Waals surface area contributed by atoms with E-state index >= 15 is 0 Å². The maximum absolute atomic E-state index is 13.1. The van der Waals surface area contributed by atoms with Crippen LogP contribution in [0.4, 0.5) is 4.39 Å². The lowest BCUT2D eigenvalue weighted by Gasteiger charge is -2.29. The zero-order valence-corrected chi connectivity index (χ0v) is 12.1. The van der Waals surface area contributed by atoms with Crippen LogP contribution in [0.15, 0.2) is 24.3 Å². The minimum absolute atomic E-state index is 0.0507.